The van der Waals surface area contributed by atoms with Crippen LogP contribution in [0.3, 0.4) is 0 Å². The van der Waals surface area contributed by atoms with Gasteiger partial charge in [-0.25, -0.2) is 0 Å². The monoisotopic (exact) mass is 341 g/mol. The molecule has 4 atom stereocenters. The largest absolute Gasteiger partial charge is 0.392 e. The topological polar surface area (TPSA) is 56.7 Å². The Bertz CT molecular complexity index is 390. The average molecular weight is 342 g/mol. The zero-order chi connectivity index (χ0) is 16.7. The van der Waals surface area contributed by atoms with Gasteiger partial charge in [0.05, 0.1) is 12.6 Å². The number of aliphatic hydroxyl groups excluding tert-OH is 1. The van der Waals surface area contributed by atoms with Crippen molar-refractivity contribution in [3.8, 4) is 0 Å². The minimum atomic E-state index is -0.209. The lowest BCUT2D eigenvalue weighted by Crippen LogP contribution is -2.44. The SMILES string of the molecule is CCNC(=NCC1(C)CCCCC1O)NC1CCC(SCC)C1. The third-order valence-electron chi connectivity index (χ3n) is 5.35. The second-order valence-electron chi connectivity index (χ2n) is 7.34. The fourth-order valence-corrected chi connectivity index (χ4v) is 4.94. The molecular formula is C18H35N3OS. The van der Waals surface area contributed by atoms with E-state index in [0.29, 0.717) is 12.6 Å². The van der Waals surface area contributed by atoms with Crippen LogP contribution in [0.2, 0.25) is 0 Å². The standard InChI is InChI=1S/C18H35N3OS/c1-4-19-17(21-14-9-10-15(12-14)23-5-2)20-13-18(3)11-7-6-8-16(18)22/h14-16,22H,4-13H2,1-3H3,(H2,19,20,21). The Morgan fingerprint density at radius 2 is 2.09 bits per heavy atom. The van der Waals surface area contributed by atoms with Crippen molar-refractivity contribution in [1.82, 2.24) is 10.6 Å². The highest BCUT2D eigenvalue weighted by Gasteiger charge is 2.35. The number of hydrogen-bond acceptors (Lipinski definition) is 3. The Morgan fingerprint density at radius 1 is 1.26 bits per heavy atom. The van der Waals surface area contributed by atoms with E-state index in [1.54, 1.807) is 0 Å². The molecule has 0 amide bonds. The second-order valence-corrected chi connectivity index (χ2v) is 8.92. The van der Waals surface area contributed by atoms with E-state index in [-0.39, 0.29) is 11.5 Å². The molecule has 3 N–H and O–H groups in total. The molecule has 0 spiro atoms. The van der Waals surface area contributed by atoms with Gasteiger partial charge in [0.2, 0.25) is 0 Å². The summed E-state index contributed by atoms with van der Waals surface area (Å²) in [5.41, 5.74) is -0.0587. The fourth-order valence-electron chi connectivity index (χ4n) is 3.80. The van der Waals surface area contributed by atoms with Gasteiger partial charge in [0.25, 0.3) is 0 Å². The molecule has 4 nitrogen and oxygen atoms in total. The van der Waals surface area contributed by atoms with E-state index >= 15 is 0 Å². The van der Waals surface area contributed by atoms with Crippen molar-refractivity contribution in [2.45, 2.75) is 83.1 Å². The van der Waals surface area contributed by atoms with Crippen LogP contribution in [0.4, 0.5) is 0 Å². The maximum atomic E-state index is 10.3. The molecule has 0 heterocycles. The van der Waals surface area contributed by atoms with Gasteiger partial charge >= 0.3 is 0 Å². The summed E-state index contributed by atoms with van der Waals surface area (Å²) in [5.74, 6) is 2.14. The summed E-state index contributed by atoms with van der Waals surface area (Å²) in [6, 6.07) is 0.543. The average Bonchev–Trinajstić information content (AvgIpc) is 2.96. The van der Waals surface area contributed by atoms with Crippen LogP contribution in [-0.2, 0) is 0 Å². The highest BCUT2D eigenvalue weighted by atomic mass is 32.2. The first-order chi connectivity index (χ1) is 11.1. The number of aliphatic hydroxyl groups is 1. The fraction of sp³-hybridized carbons (Fsp3) is 0.944. The van der Waals surface area contributed by atoms with Gasteiger partial charge in [0.15, 0.2) is 5.96 Å². The number of hydrogen-bond donors (Lipinski definition) is 3. The maximum absolute atomic E-state index is 10.3. The smallest absolute Gasteiger partial charge is 0.191 e. The maximum Gasteiger partial charge on any atom is 0.191 e. The van der Waals surface area contributed by atoms with E-state index in [2.05, 4.69) is 43.2 Å². The molecule has 0 aromatic carbocycles. The van der Waals surface area contributed by atoms with Gasteiger partial charge < -0.3 is 15.7 Å². The Kier molecular flexibility index (Phi) is 7.54. The minimum absolute atomic E-state index is 0.0587. The zero-order valence-electron chi connectivity index (χ0n) is 15.1. The van der Waals surface area contributed by atoms with Crippen molar-refractivity contribution in [3.63, 3.8) is 0 Å². The predicted octanol–water partition coefficient (Wildman–Crippen LogP) is 3.16. The number of rotatable bonds is 6. The first-order valence-corrected chi connectivity index (χ1v) is 10.5. The molecule has 4 unspecified atom stereocenters. The Hall–Kier alpha value is -0.420. The molecule has 0 aromatic heterocycles. The summed E-state index contributed by atoms with van der Waals surface area (Å²) in [7, 11) is 0. The Labute approximate surface area is 146 Å². The lowest BCUT2D eigenvalue weighted by Gasteiger charge is -2.37. The molecule has 2 rings (SSSR count). The summed E-state index contributed by atoms with van der Waals surface area (Å²) in [6.45, 7) is 8.13. The van der Waals surface area contributed by atoms with Crippen molar-refractivity contribution in [3.05, 3.63) is 0 Å². The van der Waals surface area contributed by atoms with Crippen molar-refractivity contribution in [1.29, 1.82) is 0 Å². The first kappa shape index (κ1) is 18.9. The van der Waals surface area contributed by atoms with E-state index in [1.807, 2.05) is 0 Å². The molecule has 5 heteroatoms. The third kappa shape index (κ3) is 5.56. The van der Waals surface area contributed by atoms with Crippen molar-refractivity contribution in [2.24, 2.45) is 10.4 Å². The minimum Gasteiger partial charge on any atom is -0.392 e. The van der Waals surface area contributed by atoms with Crippen LogP contribution in [-0.4, -0.2) is 47.3 Å². The van der Waals surface area contributed by atoms with Crippen LogP contribution in [0.1, 0.15) is 65.7 Å². The number of guanidine groups is 1. The lowest BCUT2D eigenvalue weighted by molar-refractivity contribution is 0.00715. The number of nitrogens with zero attached hydrogens (tertiary/aromatic N) is 1. The van der Waals surface area contributed by atoms with Gasteiger partial charge in [-0.1, -0.05) is 26.7 Å². The van der Waals surface area contributed by atoms with Crippen molar-refractivity contribution >= 4 is 17.7 Å². The summed E-state index contributed by atoms with van der Waals surface area (Å²) in [5, 5.41) is 18.1. The summed E-state index contributed by atoms with van der Waals surface area (Å²) >= 11 is 2.09. The lowest BCUT2D eigenvalue weighted by atomic mass is 9.73. The quantitative estimate of drug-likeness (QED) is 0.513. The van der Waals surface area contributed by atoms with E-state index in [1.165, 1.54) is 31.4 Å². The third-order valence-corrected chi connectivity index (χ3v) is 6.58. The molecule has 0 aromatic rings. The first-order valence-electron chi connectivity index (χ1n) is 9.42. The van der Waals surface area contributed by atoms with Gasteiger partial charge in [0.1, 0.15) is 0 Å². The van der Waals surface area contributed by atoms with E-state index in [9.17, 15) is 5.11 Å². The molecule has 0 aliphatic heterocycles. The van der Waals surface area contributed by atoms with Crippen molar-refractivity contribution < 1.29 is 5.11 Å². The molecule has 2 fully saturated rings. The molecule has 0 radical (unpaired) electrons. The molecule has 23 heavy (non-hydrogen) atoms. The van der Waals surface area contributed by atoms with Gasteiger partial charge in [-0.15, -0.1) is 0 Å². The zero-order valence-corrected chi connectivity index (χ0v) is 15.9. The van der Waals surface area contributed by atoms with Crippen LogP contribution < -0.4 is 10.6 Å². The molecule has 0 bridgehead atoms. The number of thioether (sulfide) groups is 1. The molecule has 2 aliphatic rings. The van der Waals surface area contributed by atoms with Crippen LogP contribution in [0, 0.1) is 5.41 Å². The highest BCUT2D eigenvalue weighted by molar-refractivity contribution is 7.99. The van der Waals surface area contributed by atoms with Gasteiger partial charge in [0, 0.05) is 23.3 Å². The van der Waals surface area contributed by atoms with Gasteiger partial charge in [-0.2, -0.15) is 11.8 Å². The summed E-state index contributed by atoms with van der Waals surface area (Å²) < 4.78 is 0. The van der Waals surface area contributed by atoms with Crippen LogP contribution >= 0.6 is 11.8 Å². The Balaban J connectivity index is 1.89. The van der Waals surface area contributed by atoms with Crippen LogP contribution in [0.15, 0.2) is 4.99 Å². The number of nitrogens with one attached hydrogen (secondary N) is 2. The van der Waals surface area contributed by atoms with E-state index in [4.69, 9.17) is 4.99 Å². The molecule has 2 saturated carbocycles. The summed E-state index contributed by atoms with van der Waals surface area (Å²) in [4.78, 5) is 4.82. The Morgan fingerprint density at radius 3 is 2.78 bits per heavy atom. The number of aliphatic imine (C=N–C) groups is 1. The van der Waals surface area contributed by atoms with Crippen LogP contribution in [0.5, 0.6) is 0 Å². The highest BCUT2D eigenvalue weighted by Crippen LogP contribution is 2.36. The van der Waals surface area contributed by atoms with Crippen molar-refractivity contribution in [2.75, 3.05) is 18.8 Å². The molecule has 0 saturated heterocycles. The van der Waals surface area contributed by atoms with Crippen LogP contribution in [0.25, 0.3) is 0 Å². The predicted molar refractivity (Wildman–Crippen MR) is 101 cm³/mol. The van der Waals surface area contributed by atoms with E-state index in [0.717, 1.165) is 37.0 Å². The normalized spacial score (nSPS) is 35.3. The second kappa shape index (κ2) is 9.16. The van der Waals surface area contributed by atoms with Gasteiger partial charge in [-0.3, -0.25) is 4.99 Å². The summed E-state index contributed by atoms with van der Waals surface area (Å²) in [6.07, 6.45) is 7.95. The molecular weight excluding hydrogens is 306 g/mol. The van der Waals surface area contributed by atoms with E-state index < -0.39 is 0 Å². The van der Waals surface area contributed by atoms with Gasteiger partial charge in [-0.05, 0) is 44.8 Å². The molecule has 134 valence electrons. The molecule has 2 aliphatic carbocycles.